The first-order valence-corrected chi connectivity index (χ1v) is 7.21. The van der Waals surface area contributed by atoms with Crippen LogP contribution in [-0.2, 0) is 11.2 Å². The summed E-state index contributed by atoms with van der Waals surface area (Å²) in [4.78, 5) is 22.3. The van der Waals surface area contributed by atoms with Crippen LogP contribution in [0, 0.1) is 0 Å². The summed E-state index contributed by atoms with van der Waals surface area (Å²) in [5.74, 6) is 1.69. The van der Waals surface area contributed by atoms with Gasteiger partial charge in [0.05, 0.1) is 6.54 Å². The van der Waals surface area contributed by atoms with Crippen LogP contribution in [0.3, 0.4) is 0 Å². The number of anilines is 2. The lowest BCUT2D eigenvalue weighted by atomic mass is 10.2. The lowest BCUT2D eigenvalue weighted by Crippen LogP contribution is -2.36. The summed E-state index contributed by atoms with van der Waals surface area (Å²) in [6.07, 6.45) is 3.42. The Morgan fingerprint density at radius 1 is 1.30 bits per heavy atom. The maximum absolute atomic E-state index is 11.6. The molecule has 0 fully saturated rings. The summed E-state index contributed by atoms with van der Waals surface area (Å²) in [7, 11) is 1.64. The van der Waals surface area contributed by atoms with Crippen LogP contribution in [0.4, 0.5) is 11.6 Å². The summed E-state index contributed by atoms with van der Waals surface area (Å²) in [6.45, 7) is 8.13. The van der Waals surface area contributed by atoms with E-state index in [4.69, 9.17) is 0 Å². The van der Waals surface area contributed by atoms with E-state index in [-0.39, 0.29) is 5.91 Å². The van der Waals surface area contributed by atoms with Crippen LogP contribution in [-0.4, -0.2) is 42.6 Å². The highest BCUT2D eigenvalue weighted by Crippen LogP contribution is 2.23. The molecule has 0 spiro atoms. The standard InChI is InChI=1S/C14H25N5O/c1-5-8-16-13-11(6-2)14(18-10-17-13)19(7-3)9-12(20)15-4/h10H,5-9H2,1-4H3,(H,15,20)(H,16,17,18). The van der Waals surface area contributed by atoms with Gasteiger partial charge < -0.3 is 15.5 Å². The first-order valence-electron chi connectivity index (χ1n) is 7.21. The van der Waals surface area contributed by atoms with Crippen molar-refractivity contribution in [1.29, 1.82) is 0 Å². The Balaban J connectivity index is 3.04. The molecule has 1 rings (SSSR count). The minimum absolute atomic E-state index is 0.0180. The second-order valence-electron chi connectivity index (χ2n) is 4.49. The SMILES string of the molecule is CCCNc1ncnc(N(CC)CC(=O)NC)c1CC. The smallest absolute Gasteiger partial charge is 0.239 e. The largest absolute Gasteiger partial charge is 0.370 e. The third kappa shape index (κ3) is 4.08. The van der Waals surface area contributed by atoms with Gasteiger partial charge in [0.2, 0.25) is 5.91 Å². The highest BCUT2D eigenvalue weighted by molar-refractivity contribution is 5.81. The highest BCUT2D eigenvalue weighted by atomic mass is 16.1. The van der Waals surface area contributed by atoms with E-state index in [0.29, 0.717) is 6.54 Å². The van der Waals surface area contributed by atoms with E-state index in [2.05, 4.69) is 34.4 Å². The third-order valence-corrected chi connectivity index (χ3v) is 3.11. The van der Waals surface area contributed by atoms with Gasteiger partial charge in [0.25, 0.3) is 0 Å². The van der Waals surface area contributed by atoms with Crippen LogP contribution in [0.5, 0.6) is 0 Å². The molecular weight excluding hydrogens is 254 g/mol. The van der Waals surface area contributed by atoms with E-state index in [9.17, 15) is 4.79 Å². The predicted octanol–water partition coefficient (Wildman–Crippen LogP) is 1.43. The Labute approximate surface area is 121 Å². The number of carbonyl (C=O) groups is 1. The maximum atomic E-state index is 11.6. The van der Waals surface area contributed by atoms with Gasteiger partial charge in [0.1, 0.15) is 18.0 Å². The van der Waals surface area contributed by atoms with Crippen LogP contribution in [0.2, 0.25) is 0 Å². The summed E-state index contributed by atoms with van der Waals surface area (Å²) < 4.78 is 0. The van der Waals surface area contributed by atoms with E-state index >= 15 is 0 Å². The number of aromatic nitrogens is 2. The molecule has 20 heavy (non-hydrogen) atoms. The van der Waals surface area contributed by atoms with Crippen molar-refractivity contribution in [2.45, 2.75) is 33.6 Å². The molecule has 0 bridgehead atoms. The Morgan fingerprint density at radius 3 is 2.60 bits per heavy atom. The van der Waals surface area contributed by atoms with E-state index in [0.717, 1.165) is 43.1 Å². The minimum atomic E-state index is -0.0180. The molecule has 112 valence electrons. The Kier molecular flexibility index (Phi) is 6.76. The fourth-order valence-corrected chi connectivity index (χ4v) is 1.99. The molecule has 0 radical (unpaired) electrons. The van der Waals surface area contributed by atoms with Crippen LogP contribution < -0.4 is 15.5 Å². The number of likely N-dealkylation sites (N-methyl/N-ethyl adjacent to an activating group) is 2. The van der Waals surface area contributed by atoms with Gasteiger partial charge in [-0.05, 0) is 19.8 Å². The number of hydrogen-bond donors (Lipinski definition) is 2. The molecule has 1 heterocycles. The van der Waals surface area contributed by atoms with Gasteiger partial charge in [0.15, 0.2) is 0 Å². The van der Waals surface area contributed by atoms with Crippen molar-refractivity contribution in [3.8, 4) is 0 Å². The Hall–Kier alpha value is -1.85. The summed E-state index contributed by atoms with van der Waals surface area (Å²) in [5.41, 5.74) is 1.06. The van der Waals surface area contributed by atoms with E-state index in [1.54, 1.807) is 13.4 Å². The van der Waals surface area contributed by atoms with Gasteiger partial charge in [-0.25, -0.2) is 9.97 Å². The zero-order valence-corrected chi connectivity index (χ0v) is 12.9. The molecule has 2 N–H and O–H groups in total. The van der Waals surface area contributed by atoms with Crippen molar-refractivity contribution in [2.75, 3.05) is 36.9 Å². The van der Waals surface area contributed by atoms with Crippen LogP contribution >= 0.6 is 0 Å². The van der Waals surface area contributed by atoms with Gasteiger partial charge >= 0.3 is 0 Å². The quantitative estimate of drug-likeness (QED) is 0.753. The average molecular weight is 279 g/mol. The van der Waals surface area contributed by atoms with Gasteiger partial charge in [-0.15, -0.1) is 0 Å². The van der Waals surface area contributed by atoms with Crippen molar-refractivity contribution in [2.24, 2.45) is 0 Å². The van der Waals surface area contributed by atoms with E-state index in [1.165, 1.54) is 0 Å². The van der Waals surface area contributed by atoms with E-state index < -0.39 is 0 Å². The van der Waals surface area contributed by atoms with Crippen LogP contribution in [0.1, 0.15) is 32.8 Å². The first kappa shape index (κ1) is 16.2. The molecule has 0 saturated carbocycles. The molecule has 0 atom stereocenters. The lowest BCUT2D eigenvalue weighted by Gasteiger charge is -2.24. The molecule has 0 aliphatic heterocycles. The number of hydrogen-bond acceptors (Lipinski definition) is 5. The van der Waals surface area contributed by atoms with Crippen molar-refractivity contribution in [3.05, 3.63) is 11.9 Å². The zero-order chi connectivity index (χ0) is 15.0. The van der Waals surface area contributed by atoms with Crippen molar-refractivity contribution >= 4 is 17.5 Å². The third-order valence-electron chi connectivity index (χ3n) is 3.11. The number of carbonyl (C=O) groups excluding carboxylic acids is 1. The number of nitrogens with zero attached hydrogens (tertiary/aromatic N) is 3. The van der Waals surface area contributed by atoms with E-state index in [1.807, 2.05) is 11.8 Å². The number of nitrogens with one attached hydrogen (secondary N) is 2. The Morgan fingerprint density at radius 2 is 2.05 bits per heavy atom. The molecule has 0 unspecified atom stereocenters. The molecule has 0 aromatic carbocycles. The molecule has 1 amide bonds. The molecule has 6 nitrogen and oxygen atoms in total. The lowest BCUT2D eigenvalue weighted by molar-refractivity contribution is -0.119. The van der Waals surface area contributed by atoms with Crippen molar-refractivity contribution in [1.82, 2.24) is 15.3 Å². The normalized spacial score (nSPS) is 10.2. The molecule has 1 aromatic heterocycles. The minimum Gasteiger partial charge on any atom is -0.370 e. The van der Waals surface area contributed by atoms with Gasteiger partial charge in [-0.3, -0.25) is 4.79 Å². The summed E-state index contributed by atoms with van der Waals surface area (Å²) in [5, 5.41) is 5.97. The molecule has 0 saturated heterocycles. The summed E-state index contributed by atoms with van der Waals surface area (Å²) in [6, 6.07) is 0. The second kappa shape index (κ2) is 8.35. The molecule has 0 aliphatic carbocycles. The van der Waals surface area contributed by atoms with Crippen molar-refractivity contribution in [3.63, 3.8) is 0 Å². The Bertz CT molecular complexity index is 436. The van der Waals surface area contributed by atoms with Gasteiger partial charge in [-0.1, -0.05) is 13.8 Å². The van der Waals surface area contributed by atoms with Gasteiger partial charge in [0, 0.05) is 25.7 Å². The average Bonchev–Trinajstić information content (AvgIpc) is 2.49. The van der Waals surface area contributed by atoms with Crippen molar-refractivity contribution < 1.29 is 4.79 Å². The first-order chi connectivity index (χ1) is 9.67. The molecule has 1 aromatic rings. The second-order valence-corrected chi connectivity index (χ2v) is 4.49. The maximum Gasteiger partial charge on any atom is 0.239 e. The fourth-order valence-electron chi connectivity index (χ4n) is 1.99. The zero-order valence-electron chi connectivity index (χ0n) is 12.9. The predicted molar refractivity (Wildman–Crippen MR) is 82.1 cm³/mol. The fraction of sp³-hybridized carbons (Fsp3) is 0.643. The molecule has 6 heteroatoms. The topological polar surface area (TPSA) is 70.2 Å². The number of rotatable bonds is 8. The molecule has 0 aliphatic rings. The van der Waals surface area contributed by atoms with Crippen LogP contribution in [0.25, 0.3) is 0 Å². The summed E-state index contributed by atoms with van der Waals surface area (Å²) >= 11 is 0. The number of amides is 1. The van der Waals surface area contributed by atoms with Gasteiger partial charge in [-0.2, -0.15) is 0 Å². The molecular formula is C14H25N5O. The monoisotopic (exact) mass is 279 g/mol. The van der Waals surface area contributed by atoms with Crippen LogP contribution in [0.15, 0.2) is 6.33 Å². The highest BCUT2D eigenvalue weighted by Gasteiger charge is 2.16.